The molecular formula is C18H33N3O3. The first-order valence-corrected chi connectivity index (χ1v) is 9.21. The van der Waals surface area contributed by atoms with Crippen LogP contribution < -0.4 is 5.32 Å². The van der Waals surface area contributed by atoms with E-state index in [9.17, 15) is 9.59 Å². The number of carbonyl (C=O) groups excluding carboxylic acids is 2. The summed E-state index contributed by atoms with van der Waals surface area (Å²) in [6.45, 7) is 6.91. The van der Waals surface area contributed by atoms with Gasteiger partial charge in [-0.2, -0.15) is 0 Å². The quantitative estimate of drug-likeness (QED) is 0.787. The van der Waals surface area contributed by atoms with Crippen molar-refractivity contribution in [3.05, 3.63) is 0 Å². The highest BCUT2D eigenvalue weighted by Gasteiger charge is 2.34. The Kier molecular flexibility index (Phi) is 7.04. The minimum Gasteiger partial charge on any atom is -0.381 e. The molecule has 2 amide bonds. The fourth-order valence-electron chi connectivity index (χ4n) is 3.51. The van der Waals surface area contributed by atoms with E-state index in [0.29, 0.717) is 25.0 Å². The van der Waals surface area contributed by atoms with E-state index >= 15 is 0 Å². The van der Waals surface area contributed by atoms with E-state index in [1.807, 2.05) is 4.90 Å². The van der Waals surface area contributed by atoms with Crippen LogP contribution in [0.2, 0.25) is 0 Å². The van der Waals surface area contributed by atoms with Crippen LogP contribution in [0.15, 0.2) is 0 Å². The predicted molar refractivity (Wildman–Crippen MR) is 93.6 cm³/mol. The summed E-state index contributed by atoms with van der Waals surface area (Å²) < 4.78 is 5.40. The molecule has 2 saturated heterocycles. The van der Waals surface area contributed by atoms with Crippen molar-refractivity contribution in [2.75, 3.05) is 40.4 Å². The molecule has 2 fully saturated rings. The number of ether oxygens (including phenoxy) is 1. The Morgan fingerprint density at radius 2 is 2.04 bits per heavy atom. The largest absolute Gasteiger partial charge is 0.381 e. The van der Waals surface area contributed by atoms with Crippen LogP contribution in [0.5, 0.6) is 0 Å². The Balaban J connectivity index is 1.96. The van der Waals surface area contributed by atoms with Crippen LogP contribution in [0.25, 0.3) is 0 Å². The zero-order valence-electron chi connectivity index (χ0n) is 15.6. The molecular weight excluding hydrogens is 306 g/mol. The summed E-state index contributed by atoms with van der Waals surface area (Å²) in [6.07, 6.45) is 3.44. The Morgan fingerprint density at radius 1 is 1.29 bits per heavy atom. The van der Waals surface area contributed by atoms with Gasteiger partial charge in [-0.3, -0.25) is 9.59 Å². The van der Waals surface area contributed by atoms with Crippen molar-refractivity contribution in [2.24, 2.45) is 11.8 Å². The number of hydrogen-bond donors (Lipinski definition) is 1. The zero-order valence-corrected chi connectivity index (χ0v) is 15.6. The van der Waals surface area contributed by atoms with Gasteiger partial charge in [-0.05, 0) is 45.7 Å². The third-order valence-electron chi connectivity index (χ3n) is 5.06. The summed E-state index contributed by atoms with van der Waals surface area (Å²) in [6, 6.07) is -0.00330. The number of likely N-dealkylation sites (N-methyl/N-ethyl adjacent to an activating group) is 1. The Bertz CT molecular complexity index is 433. The second-order valence-electron chi connectivity index (χ2n) is 7.80. The smallest absolute Gasteiger partial charge is 0.245 e. The fraction of sp³-hybridized carbons (Fsp3) is 0.889. The topological polar surface area (TPSA) is 61.9 Å². The molecule has 0 aromatic carbocycles. The van der Waals surface area contributed by atoms with E-state index in [1.165, 1.54) is 0 Å². The number of nitrogens with zero attached hydrogens (tertiary/aromatic N) is 2. The first-order chi connectivity index (χ1) is 11.4. The van der Waals surface area contributed by atoms with E-state index in [2.05, 4.69) is 38.2 Å². The van der Waals surface area contributed by atoms with Crippen LogP contribution in [0.3, 0.4) is 0 Å². The van der Waals surface area contributed by atoms with Crippen LogP contribution in [0, 0.1) is 11.8 Å². The average Bonchev–Trinajstić information content (AvgIpc) is 3.04. The van der Waals surface area contributed by atoms with Crippen molar-refractivity contribution in [1.29, 1.82) is 0 Å². The van der Waals surface area contributed by atoms with Gasteiger partial charge in [-0.15, -0.1) is 0 Å². The molecule has 0 spiro atoms. The fourth-order valence-corrected chi connectivity index (χ4v) is 3.51. The molecule has 0 radical (unpaired) electrons. The van der Waals surface area contributed by atoms with Crippen molar-refractivity contribution in [3.8, 4) is 0 Å². The number of nitrogens with one attached hydrogen (secondary N) is 1. The number of amides is 2. The Labute approximate surface area is 145 Å². The summed E-state index contributed by atoms with van der Waals surface area (Å²) in [5.41, 5.74) is 0. The second kappa shape index (κ2) is 8.81. The van der Waals surface area contributed by atoms with Crippen LogP contribution >= 0.6 is 0 Å². The molecule has 24 heavy (non-hydrogen) atoms. The number of carbonyl (C=O) groups is 2. The second-order valence-corrected chi connectivity index (χ2v) is 7.80. The third kappa shape index (κ3) is 5.18. The lowest BCUT2D eigenvalue weighted by molar-refractivity contribution is -0.138. The molecule has 1 N–H and O–H groups in total. The van der Waals surface area contributed by atoms with Crippen LogP contribution in [0.1, 0.15) is 39.5 Å². The molecule has 0 aromatic heterocycles. The normalized spacial score (nSPS) is 26.0. The van der Waals surface area contributed by atoms with Crippen LogP contribution in [-0.4, -0.2) is 74.1 Å². The minimum absolute atomic E-state index is 0.0305. The Morgan fingerprint density at radius 3 is 2.58 bits per heavy atom. The van der Waals surface area contributed by atoms with Crippen LogP contribution in [0.4, 0.5) is 0 Å². The SMILES string of the molecule is CC(C)C[C@H](NC(=O)[C@@H]1CCCOC1)C(=O)N1CC[C@@H](N(C)C)C1. The minimum atomic E-state index is -0.416. The third-order valence-corrected chi connectivity index (χ3v) is 5.06. The van der Waals surface area contributed by atoms with Gasteiger partial charge < -0.3 is 19.9 Å². The van der Waals surface area contributed by atoms with Crippen molar-refractivity contribution >= 4 is 11.8 Å². The van der Waals surface area contributed by atoms with Gasteiger partial charge in [0, 0.05) is 25.7 Å². The summed E-state index contributed by atoms with van der Waals surface area (Å²) in [7, 11) is 4.10. The van der Waals surface area contributed by atoms with Gasteiger partial charge in [0.15, 0.2) is 0 Å². The lowest BCUT2D eigenvalue weighted by atomic mass is 9.98. The molecule has 138 valence electrons. The number of rotatable bonds is 6. The molecule has 2 aliphatic rings. The van der Waals surface area contributed by atoms with Gasteiger partial charge >= 0.3 is 0 Å². The van der Waals surface area contributed by atoms with E-state index in [1.54, 1.807) is 0 Å². The van der Waals surface area contributed by atoms with E-state index in [4.69, 9.17) is 4.74 Å². The van der Waals surface area contributed by atoms with E-state index < -0.39 is 6.04 Å². The molecule has 0 aromatic rings. The zero-order chi connectivity index (χ0) is 17.7. The number of likely N-dealkylation sites (tertiary alicyclic amines) is 1. The van der Waals surface area contributed by atoms with E-state index in [-0.39, 0.29) is 17.7 Å². The average molecular weight is 339 g/mol. The van der Waals surface area contributed by atoms with Crippen LogP contribution in [-0.2, 0) is 14.3 Å². The van der Waals surface area contributed by atoms with Crippen molar-refractivity contribution in [3.63, 3.8) is 0 Å². The highest BCUT2D eigenvalue weighted by atomic mass is 16.5. The number of hydrogen-bond acceptors (Lipinski definition) is 4. The molecule has 3 atom stereocenters. The molecule has 6 heteroatoms. The molecule has 2 aliphatic heterocycles. The highest BCUT2D eigenvalue weighted by molar-refractivity contribution is 5.88. The lowest BCUT2D eigenvalue weighted by Crippen LogP contribution is -2.51. The maximum atomic E-state index is 12.9. The summed E-state index contributed by atoms with van der Waals surface area (Å²) >= 11 is 0. The maximum Gasteiger partial charge on any atom is 0.245 e. The standard InChI is InChI=1S/C18H33N3O3/c1-13(2)10-16(19-17(22)14-6-5-9-24-12-14)18(23)21-8-7-15(11-21)20(3)4/h13-16H,5-12H2,1-4H3,(H,19,22)/t14-,15-,16+/m1/s1. The maximum absolute atomic E-state index is 12.9. The summed E-state index contributed by atoms with van der Waals surface area (Å²) in [5.74, 6) is 0.276. The van der Waals surface area contributed by atoms with Gasteiger partial charge in [-0.25, -0.2) is 0 Å². The van der Waals surface area contributed by atoms with Crippen molar-refractivity contribution in [2.45, 2.75) is 51.6 Å². The molecule has 0 saturated carbocycles. The lowest BCUT2D eigenvalue weighted by Gasteiger charge is -2.28. The predicted octanol–water partition coefficient (Wildman–Crippen LogP) is 1.11. The van der Waals surface area contributed by atoms with Crippen molar-refractivity contribution in [1.82, 2.24) is 15.1 Å². The first kappa shape index (κ1) is 19.2. The van der Waals surface area contributed by atoms with Crippen molar-refractivity contribution < 1.29 is 14.3 Å². The van der Waals surface area contributed by atoms with Gasteiger partial charge in [-0.1, -0.05) is 13.8 Å². The van der Waals surface area contributed by atoms with Gasteiger partial charge in [0.2, 0.25) is 11.8 Å². The first-order valence-electron chi connectivity index (χ1n) is 9.21. The molecule has 0 aliphatic carbocycles. The summed E-state index contributed by atoms with van der Waals surface area (Å²) in [5, 5.41) is 3.02. The molecule has 2 rings (SSSR count). The molecule has 0 bridgehead atoms. The summed E-state index contributed by atoms with van der Waals surface area (Å²) in [4.78, 5) is 29.5. The molecule has 0 unspecified atom stereocenters. The molecule has 6 nitrogen and oxygen atoms in total. The monoisotopic (exact) mass is 339 g/mol. The van der Waals surface area contributed by atoms with Gasteiger partial charge in [0.1, 0.15) is 6.04 Å². The molecule has 2 heterocycles. The van der Waals surface area contributed by atoms with Gasteiger partial charge in [0.25, 0.3) is 0 Å². The van der Waals surface area contributed by atoms with Gasteiger partial charge in [0.05, 0.1) is 12.5 Å². The highest BCUT2D eigenvalue weighted by Crippen LogP contribution is 2.18. The van der Waals surface area contributed by atoms with E-state index in [0.717, 1.165) is 39.0 Å². The Hall–Kier alpha value is -1.14.